The maximum absolute atomic E-state index is 14.4. The molecule has 1 aromatic heterocycles. The Hall–Kier alpha value is -2.59. The Labute approximate surface area is 177 Å². The first-order valence-electron chi connectivity index (χ1n) is 9.59. The largest absolute Gasteiger partial charge is 0.382 e. The van der Waals surface area contributed by atoms with Crippen LogP contribution in [0.25, 0.3) is 0 Å². The number of aliphatic hydroxyl groups excluding tert-OH is 1. The van der Waals surface area contributed by atoms with Gasteiger partial charge in [0.05, 0.1) is 6.04 Å². The highest BCUT2D eigenvalue weighted by molar-refractivity contribution is 8.13. The molecule has 1 aliphatic heterocycles. The van der Waals surface area contributed by atoms with E-state index in [1.54, 1.807) is 11.0 Å². The first-order chi connectivity index (χ1) is 14.5. The Morgan fingerprint density at radius 1 is 1.33 bits per heavy atom. The third-order valence-corrected chi connectivity index (χ3v) is 5.69. The molecule has 160 valence electrons. The molecular weight excluding hydrogens is 412 g/mol. The molecule has 0 bridgehead atoms. The number of amides is 1. The zero-order chi connectivity index (χ0) is 21.4. The van der Waals surface area contributed by atoms with Gasteiger partial charge in [0.1, 0.15) is 11.9 Å². The van der Waals surface area contributed by atoms with E-state index in [4.69, 9.17) is 0 Å². The molecule has 7 nitrogen and oxygen atoms in total. The van der Waals surface area contributed by atoms with E-state index in [1.165, 1.54) is 30.3 Å². The van der Waals surface area contributed by atoms with Gasteiger partial charge in [-0.15, -0.1) is 5.10 Å². The lowest BCUT2D eigenvalue weighted by atomic mass is 10.0. The van der Waals surface area contributed by atoms with Crippen molar-refractivity contribution in [3.63, 3.8) is 0 Å². The van der Waals surface area contributed by atoms with Crippen LogP contribution >= 0.6 is 11.8 Å². The molecule has 2 atom stereocenters. The van der Waals surface area contributed by atoms with Gasteiger partial charge in [-0.1, -0.05) is 66.4 Å². The smallest absolute Gasteiger partial charge is 0.302 e. The first-order valence-corrected chi connectivity index (χ1v) is 10.6. The second-order valence-corrected chi connectivity index (χ2v) is 7.80. The highest BCUT2D eigenvalue weighted by Crippen LogP contribution is 2.33. The normalized spacial score (nSPS) is 18.7. The van der Waals surface area contributed by atoms with Gasteiger partial charge in [-0.3, -0.25) is 4.79 Å². The van der Waals surface area contributed by atoms with Gasteiger partial charge < -0.3 is 10.0 Å². The van der Waals surface area contributed by atoms with Crippen LogP contribution in [0.1, 0.15) is 24.2 Å². The number of benzene rings is 1. The van der Waals surface area contributed by atoms with Crippen molar-refractivity contribution in [3.05, 3.63) is 66.0 Å². The minimum atomic E-state index is -3.41. The molecule has 10 heteroatoms. The number of aromatic nitrogens is 4. The molecule has 1 aliphatic rings. The number of rotatable bonds is 10. The van der Waals surface area contributed by atoms with E-state index in [2.05, 4.69) is 20.6 Å². The standard InChI is InChI=1S/C20H23F2N5O2S/c21-20(22,15-8-4-3-5-9-15)17(28)12-11-16-14-30-19(29)27(16)13-7-2-1-6-10-18-23-25-26-24-18/h2-5,7-9,11-12,16-17,28H,1,6,10,13-14H2,(H,23,24,25,26)/b7-2?,12-11+. The number of hydrogen-bond acceptors (Lipinski definition) is 6. The molecule has 0 saturated carbocycles. The number of thioether (sulfide) groups is 1. The Balaban J connectivity index is 1.50. The predicted octanol–water partition coefficient (Wildman–Crippen LogP) is 3.33. The van der Waals surface area contributed by atoms with E-state index < -0.39 is 12.0 Å². The highest BCUT2D eigenvalue weighted by atomic mass is 32.2. The molecule has 1 saturated heterocycles. The summed E-state index contributed by atoms with van der Waals surface area (Å²) in [6, 6.07) is 6.86. The summed E-state index contributed by atoms with van der Waals surface area (Å²) in [4.78, 5) is 13.7. The molecule has 2 unspecified atom stereocenters. The molecular formula is C20H23F2N5O2S. The fourth-order valence-corrected chi connectivity index (χ4v) is 3.98. The third kappa shape index (κ3) is 5.73. The molecule has 1 amide bonds. The zero-order valence-electron chi connectivity index (χ0n) is 16.2. The number of nitrogens with zero attached hydrogens (tertiary/aromatic N) is 4. The summed E-state index contributed by atoms with van der Waals surface area (Å²) in [7, 11) is 0. The molecule has 0 spiro atoms. The fraction of sp³-hybridized carbons (Fsp3) is 0.400. The van der Waals surface area contributed by atoms with E-state index in [1.807, 2.05) is 12.2 Å². The maximum atomic E-state index is 14.4. The number of carbonyl (C=O) groups excluding carboxylic acids is 1. The lowest BCUT2D eigenvalue weighted by Gasteiger charge is -2.22. The summed E-state index contributed by atoms with van der Waals surface area (Å²) in [6.45, 7) is 0.385. The molecule has 2 aromatic rings. The second kappa shape index (κ2) is 10.4. The van der Waals surface area contributed by atoms with E-state index >= 15 is 0 Å². The van der Waals surface area contributed by atoms with Crippen molar-refractivity contribution < 1.29 is 18.7 Å². The van der Waals surface area contributed by atoms with Crippen LogP contribution in [0.15, 0.2) is 54.6 Å². The van der Waals surface area contributed by atoms with Crippen molar-refractivity contribution >= 4 is 17.0 Å². The van der Waals surface area contributed by atoms with E-state index in [-0.39, 0.29) is 16.8 Å². The van der Waals surface area contributed by atoms with Gasteiger partial charge >= 0.3 is 5.92 Å². The SMILES string of the molecule is O=C1SCC(/C=C/C(O)C(F)(F)c2ccccc2)N1CC=CCCCc1nnn[nH]1. The Kier molecular flexibility index (Phi) is 7.69. The van der Waals surface area contributed by atoms with Crippen molar-refractivity contribution in [1.29, 1.82) is 0 Å². The maximum Gasteiger partial charge on any atom is 0.302 e. The van der Waals surface area contributed by atoms with Gasteiger partial charge in [-0.25, -0.2) is 5.10 Å². The number of halogens is 2. The van der Waals surface area contributed by atoms with Crippen molar-refractivity contribution in [2.75, 3.05) is 12.3 Å². The number of nitrogens with one attached hydrogen (secondary N) is 1. The van der Waals surface area contributed by atoms with Crippen LogP contribution in [0, 0.1) is 0 Å². The molecule has 1 fully saturated rings. The van der Waals surface area contributed by atoms with Gasteiger partial charge in [0.25, 0.3) is 5.24 Å². The highest BCUT2D eigenvalue weighted by Gasteiger charge is 2.39. The van der Waals surface area contributed by atoms with Gasteiger partial charge in [0, 0.05) is 24.3 Å². The minimum Gasteiger partial charge on any atom is -0.382 e. The molecule has 0 aliphatic carbocycles. The monoisotopic (exact) mass is 435 g/mol. The molecule has 2 N–H and O–H groups in total. The number of tetrazole rings is 1. The summed E-state index contributed by atoms with van der Waals surface area (Å²) in [6.07, 6.45) is 6.86. The van der Waals surface area contributed by atoms with Gasteiger partial charge in [-0.2, -0.15) is 8.78 Å². The van der Waals surface area contributed by atoms with Crippen LogP contribution in [-0.2, 0) is 12.3 Å². The molecule has 30 heavy (non-hydrogen) atoms. The number of aryl methyl sites for hydroxylation is 1. The van der Waals surface area contributed by atoms with Crippen LogP contribution in [-0.4, -0.2) is 60.3 Å². The zero-order valence-corrected chi connectivity index (χ0v) is 17.0. The van der Waals surface area contributed by atoms with Crippen molar-refractivity contribution in [1.82, 2.24) is 25.5 Å². The van der Waals surface area contributed by atoms with Gasteiger partial charge in [0.15, 0.2) is 0 Å². The second-order valence-electron chi connectivity index (χ2n) is 6.83. The molecule has 0 radical (unpaired) electrons. The van der Waals surface area contributed by atoms with E-state index in [0.717, 1.165) is 42.9 Å². The topological polar surface area (TPSA) is 95.0 Å². The summed E-state index contributed by atoms with van der Waals surface area (Å²) >= 11 is 1.14. The molecule has 2 heterocycles. The summed E-state index contributed by atoms with van der Waals surface area (Å²) < 4.78 is 28.8. The average molecular weight is 436 g/mol. The van der Waals surface area contributed by atoms with E-state index in [0.29, 0.717) is 12.3 Å². The Morgan fingerprint density at radius 2 is 2.13 bits per heavy atom. The number of aromatic amines is 1. The van der Waals surface area contributed by atoms with Crippen LogP contribution in [0.2, 0.25) is 0 Å². The van der Waals surface area contributed by atoms with Crippen LogP contribution in [0.3, 0.4) is 0 Å². The van der Waals surface area contributed by atoms with Crippen molar-refractivity contribution in [2.45, 2.75) is 37.3 Å². The number of H-pyrrole nitrogens is 1. The first kappa shape index (κ1) is 22.1. The van der Waals surface area contributed by atoms with Crippen LogP contribution in [0.5, 0.6) is 0 Å². The number of alkyl halides is 2. The number of carbonyl (C=O) groups is 1. The van der Waals surface area contributed by atoms with Gasteiger partial charge in [-0.05, 0) is 23.3 Å². The lowest BCUT2D eigenvalue weighted by Crippen LogP contribution is -2.33. The Morgan fingerprint density at radius 3 is 2.87 bits per heavy atom. The van der Waals surface area contributed by atoms with E-state index in [9.17, 15) is 18.7 Å². The lowest BCUT2D eigenvalue weighted by molar-refractivity contribution is -0.0929. The number of unbranched alkanes of at least 4 members (excludes halogenated alkanes) is 1. The predicted molar refractivity (Wildman–Crippen MR) is 110 cm³/mol. The van der Waals surface area contributed by atoms with Gasteiger partial charge in [0.2, 0.25) is 0 Å². The third-order valence-electron chi connectivity index (χ3n) is 4.70. The Bertz CT molecular complexity index is 861. The average Bonchev–Trinajstić information content (AvgIpc) is 3.39. The number of allylic oxidation sites excluding steroid dienone is 1. The molecule has 3 rings (SSSR count). The minimum absolute atomic E-state index is 0.105. The van der Waals surface area contributed by atoms with Crippen LogP contribution in [0.4, 0.5) is 13.6 Å². The van der Waals surface area contributed by atoms with Crippen molar-refractivity contribution in [2.24, 2.45) is 0 Å². The fourth-order valence-electron chi connectivity index (χ4n) is 3.00. The van der Waals surface area contributed by atoms with Crippen molar-refractivity contribution in [3.8, 4) is 0 Å². The number of aliphatic hydroxyl groups is 1. The quantitative estimate of drug-likeness (QED) is 0.439. The summed E-state index contributed by atoms with van der Waals surface area (Å²) in [5, 5.41) is 23.4. The number of hydrogen-bond donors (Lipinski definition) is 2. The summed E-state index contributed by atoms with van der Waals surface area (Å²) in [5.41, 5.74) is -0.250. The van der Waals surface area contributed by atoms with Crippen LogP contribution < -0.4 is 0 Å². The molecule has 1 aromatic carbocycles. The summed E-state index contributed by atoms with van der Waals surface area (Å²) in [5.74, 6) is -2.21.